The molecule has 94 valence electrons. The molecular formula is C14H16N2O2. The maximum Gasteiger partial charge on any atom is 0.140 e. The van der Waals surface area contributed by atoms with Crippen molar-refractivity contribution < 1.29 is 10.2 Å². The summed E-state index contributed by atoms with van der Waals surface area (Å²) in [5.74, 6) is 1.39. The first-order chi connectivity index (χ1) is 8.79. The third-order valence-corrected chi connectivity index (χ3v) is 3.58. The van der Waals surface area contributed by atoms with E-state index < -0.39 is 0 Å². The van der Waals surface area contributed by atoms with E-state index in [9.17, 15) is 10.2 Å². The second-order valence-electron chi connectivity index (χ2n) is 4.73. The highest BCUT2D eigenvalue weighted by molar-refractivity contribution is 5.57. The first kappa shape index (κ1) is 11.3. The number of aromatic nitrogens is 2. The Balaban J connectivity index is 2.04. The molecule has 4 nitrogen and oxygen atoms in total. The average molecular weight is 244 g/mol. The van der Waals surface area contributed by atoms with Gasteiger partial charge in [0.15, 0.2) is 0 Å². The van der Waals surface area contributed by atoms with Gasteiger partial charge in [0.1, 0.15) is 11.6 Å². The first-order valence-corrected chi connectivity index (χ1v) is 6.25. The fraction of sp³-hybridized carbons (Fsp3) is 0.357. The number of aromatic hydroxyl groups is 1. The Morgan fingerprint density at radius 2 is 2.06 bits per heavy atom. The zero-order valence-electron chi connectivity index (χ0n) is 10.1. The number of phenols is 1. The second-order valence-corrected chi connectivity index (χ2v) is 4.73. The molecule has 0 amide bonds. The van der Waals surface area contributed by atoms with E-state index in [1.807, 2.05) is 18.3 Å². The van der Waals surface area contributed by atoms with Gasteiger partial charge in [-0.1, -0.05) is 0 Å². The summed E-state index contributed by atoms with van der Waals surface area (Å²) >= 11 is 0. The van der Waals surface area contributed by atoms with Gasteiger partial charge >= 0.3 is 0 Å². The molecule has 0 spiro atoms. The summed E-state index contributed by atoms with van der Waals surface area (Å²) in [7, 11) is 0. The number of aliphatic hydroxyl groups excluding tert-OH is 1. The van der Waals surface area contributed by atoms with Crippen LogP contribution in [-0.4, -0.2) is 26.4 Å². The van der Waals surface area contributed by atoms with E-state index in [1.54, 1.807) is 12.1 Å². The van der Waals surface area contributed by atoms with Crippen molar-refractivity contribution in [3.05, 3.63) is 36.2 Å². The molecule has 18 heavy (non-hydrogen) atoms. The van der Waals surface area contributed by atoms with E-state index in [1.165, 1.54) is 0 Å². The minimum absolute atomic E-state index is 0.181. The van der Waals surface area contributed by atoms with Crippen molar-refractivity contribution in [3.63, 3.8) is 0 Å². The van der Waals surface area contributed by atoms with Crippen LogP contribution in [0.2, 0.25) is 0 Å². The summed E-state index contributed by atoms with van der Waals surface area (Å²) < 4.78 is 2.18. The molecule has 1 aliphatic rings. The van der Waals surface area contributed by atoms with E-state index in [0.29, 0.717) is 0 Å². The average Bonchev–Trinajstić information content (AvgIpc) is 2.83. The predicted molar refractivity (Wildman–Crippen MR) is 68.4 cm³/mol. The van der Waals surface area contributed by atoms with Crippen LogP contribution in [-0.2, 0) is 6.54 Å². The number of hydrogen-bond donors (Lipinski definition) is 2. The van der Waals surface area contributed by atoms with E-state index in [-0.39, 0.29) is 18.3 Å². The van der Waals surface area contributed by atoms with Crippen LogP contribution >= 0.6 is 0 Å². The van der Waals surface area contributed by atoms with Gasteiger partial charge in [-0.3, -0.25) is 0 Å². The molecule has 0 fully saturated rings. The third-order valence-electron chi connectivity index (χ3n) is 3.58. The van der Waals surface area contributed by atoms with Gasteiger partial charge in [0.25, 0.3) is 0 Å². The van der Waals surface area contributed by atoms with Gasteiger partial charge in [-0.15, -0.1) is 0 Å². The van der Waals surface area contributed by atoms with E-state index in [2.05, 4.69) is 9.55 Å². The Labute approximate surface area is 106 Å². The van der Waals surface area contributed by atoms with Crippen LogP contribution in [0.15, 0.2) is 30.5 Å². The Morgan fingerprint density at radius 3 is 2.78 bits per heavy atom. The smallest absolute Gasteiger partial charge is 0.140 e. The Hall–Kier alpha value is -1.81. The van der Waals surface area contributed by atoms with Crippen molar-refractivity contribution in [2.45, 2.75) is 25.3 Å². The third kappa shape index (κ3) is 1.78. The van der Waals surface area contributed by atoms with Gasteiger partial charge in [-0.25, -0.2) is 4.98 Å². The molecule has 2 aromatic rings. The second kappa shape index (κ2) is 4.46. The lowest BCUT2D eigenvalue weighted by atomic mass is 9.97. The highest BCUT2D eigenvalue weighted by Crippen LogP contribution is 2.31. The molecule has 2 N–H and O–H groups in total. The van der Waals surface area contributed by atoms with Crippen molar-refractivity contribution in [1.82, 2.24) is 9.55 Å². The lowest BCUT2D eigenvalue weighted by molar-refractivity contribution is 0.241. The standard InChI is InChI=1S/C14H16N2O2/c17-9-11-2-1-7-16-13(11)8-15-14(16)10-3-5-12(18)6-4-10/h3-6,8,11,17-18H,1-2,7,9H2. The number of nitrogens with zero attached hydrogens (tertiary/aromatic N) is 2. The molecule has 2 heterocycles. The summed E-state index contributed by atoms with van der Waals surface area (Å²) in [6.45, 7) is 1.13. The van der Waals surface area contributed by atoms with E-state index in [0.717, 1.165) is 36.5 Å². The van der Waals surface area contributed by atoms with Gasteiger partial charge in [0.05, 0.1) is 6.61 Å². The molecule has 1 atom stereocenters. The van der Waals surface area contributed by atoms with Crippen LogP contribution in [0, 0.1) is 0 Å². The summed E-state index contributed by atoms with van der Waals surface area (Å²) in [5, 5.41) is 18.7. The highest BCUT2D eigenvalue weighted by atomic mass is 16.3. The maximum atomic E-state index is 9.38. The lowest BCUT2D eigenvalue weighted by Gasteiger charge is -2.23. The SMILES string of the molecule is OCC1CCCn2c1cnc2-c1ccc(O)cc1. The molecule has 1 unspecified atom stereocenters. The fourth-order valence-electron chi connectivity index (χ4n) is 2.62. The van der Waals surface area contributed by atoms with Crippen LogP contribution < -0.4 is 0 Å². The van der Waals surface area contributed by atoms with Crippen LogP contribution in [0.3, 0.4) is 0 Å². The summed E-state index contributed by atoms with van der Waals surface area (Å²) in [6, 6.07) is 7.08. The molecular weight excluding hydrogens is 228 g/mol. The van der Waals surface area contributed by atoms with E-state index in [4.69, 9.17) is 0 Å². The summed E-state index contributed by atoms with van der Waals surface area (Å²) in [6.07, 6.45) is 3.96. The van der Waals surface area contributed by atoms with Gasteiger partial charge in [0.2, 0.25) is 0 Å². The Morgan fingerprint density at radius 1 is 1.28 bits per heavy atom. The van der Waals surface area contributed by atoms with Crippen molar-refractivity contribution in [1.29, 1.82) is 0 Å². The number of hydrogen-bond acceptors (Lipinski definition) is 3. The highest BCUT2D eigenvalue weighted by Gasteiger charge is 2.23. The topological polar surface area (TPSA) is 58.3 Å². The van der Waals surface area contributed by atoms with Gasteiger partial charge in [-0.2, -0.15) is 0 Å². The summed E-state index contributed by atoms with van der Waals surface area (Å²) in [4.78, 5) is 4.47. The maximum absolute atomic E-state index is 9.38. The molecule has 3 rings (SSSR count). The van der Waals surface area contributed by atoms with Crippen LogP contribution in [0.5, 0.6) is 5.75 Å². The zero-order chi connectivity index (χ0) is 12.5. The van der Waals surface area contributed by atoms with Gasteiger partial charge in [-0.05, 0) is 37.1 Å². The van der Waals surface area contributed by atoms with Crippen LogP contribution in [0.25, 0.3) is 11.4 Å². The van der Waals surface area contributed by atoms with Crippen molar-refractivity contribution >= 4 is 0 Å². The number of fused-ring (bicyclic) bond motifs is 1. The molecule has 1 aliphatic heterocycles. The fourth-order valence-corrected chi connectivity index (χ4v) is 2.62. The van der Waals surface area contributed by atoms with Crippen molar-refractivity contribution in [3.8, 4) is 17.1 Å². The molecule has 0 saturated carbocycles. The molecule has 0 bridgehead atoms. The van der Waals surface area contributed by atoms with Gasteiger partial charge in [0, 0.05) is 29.9 Å². The predicted octanol–water partition coefficient (Wildman–Crippen LogP) is 2.13. The lowest BCUT2D eigenvalue weighted by Crippen LogP contribution is -2.18. The monoisotopic (exact) mass is 244 g/mol. The molecule has 0 aliphatic carbocycles. The van der Waals surface area contributed by atoms with Crippen LogP contribution in [0.4, 0.5) is 0 Å². The van der Waals surface area contributed by atoms with E-state index >= 15 is 0 Å². The van der Waals surface area contributed by atoms with Gasteiger partial charge < -0.3 is 14.8 Å². The first-order valence-electron chi connectivity index (χ1n) is 6.25. The quantitative estimate of drug-likeness (QED) is 0.850. The van der Waals surface area contributed by atoms with Crippen molar-refractivity contribution in [2.75, 3.05) is 6.61 Å². The Kier molecular flexibility index (Phi) is 2.80. The molecule has 4 heteroatoms. The van der Waals surface area contributed by atoms with Crippen LogP contribution in [0.1, 0.15) is 24.5 Å². The minimum atomic E-state index is 0.181. The minimum Gasteiger partial charge on any atom is -0.508 e. The molecule has 1 aromatic carbocycles. The normalized spacial score (nSPS) is 18.6. The molecule has 0 saturated heterocycles. The Bertz CT molecular complexity index is 545. The summed E-state index contributed by atoms with van der Waals surface area (Å²) in [5.41, 5.74) is 2.12. The largest absolute Gasteiger partial charge is 0.508 e. The number of aliphatic hydroxyl groups is 1. The number of phenolic OH excluding ortho intramolecular Hbond substituents is 1. The number of benzene rings is 1. The number of rotatable bonds is 2. The zero-order valence-corrected chi connectivity index (χ0v) is 10.1. The number of imidazole rings is 1. The molecule has 1 aromatic heterocycles. The van der Waals surface area contributed by atoms with Crippen molar-refractivity contribution in [2.24, 2.45) is 0 Å². The molecule has 0 radical (unpaired) electrons.